The average molecular weight is 270 g/mol. The quantitative estimate of drug-likeness (QED) is 0.693. The van der Waals surface area contributed by atoms with Crippen LogP contribution in [0.2, 0.25) is 0 Å². The van der Waals surface area contributed by atoms with E-state index in [0.717, 1.165) is 18.6 Å². The Hall–Kier alpha value is 0.511. The monoisotopic (exact) mass is 270 g/mol. The van der Waals surface area contributed by atoms with Crippen LogP contribution in [0.3, 0.4) is 0 Å². The van der Waals surface area contributed by atoms with Crippen LogP contribution in [0.25, 0.3) is 0 Å². The number of rotatable bonds is 5. The minimum absolute atomic E-state index is 0. The first-order chi connectivity index (χ1) is 7.39. The molecule has 0 saturated carbocycles. The smallest absolute Gasteiger partial charge is 0.494 e. The van der Waals surface area contributed by atoms with Crippen molar-refractivity contribution in [2.45, 2.75) is 20.3 Å². The summed E-state index contributed by atoms with van der Waals surface area (Å²) in [5.74, 6) is 1.02. The summed E-state index contributed by atoms with van der Waals surface area (Å²) in [6, 6.07) is 4.85. The maximum atomic E-state index is 12.3. The molecule has 0 unspecified atom stereocenters. The van der Waals surface area contributed by atoms with Crippen LogP contribution in [0.5, 0.6) is 5.75 Å². The molecule has 0 radical (unpaired) electrons. The van der Waals surface area contributed by atoms with Gasteiger partial charge in [-0.2, -0.15) is 0 Å². The summed E-state index contributed by atoms with van der Waals surface area (Å²) in [5, 5.41) is 0. The van der Waals surface area contributed by atoms with Crippen molar-refractivity contribution in [3.8, 4) is 5.75 Å². The third-order valence-corrected chi connectivity index (χ3v) is 2.22. The van der Waals surface area contributed by atoms with Crippen LogP contribution in [0, 0.1) is 5.92 Å². The van der Waals surface area contributed by atoms with Crippen LogP contribution in [0.4, 0.5) is 12.9 Å². The van der Waals surface area contributed by atoms with Crippen molar-refractivity contribution in [1.82, 2.24) is 0 Å². The molecule has 0 bridgehead atoms. The number of hydrogen-bond acceptors (Lipinski definition) is 1. The van der Waals surface area contributed by atoms with Gasteiger partial charge in [0.1, 0.15) is 5.75 Å². The molecule has 0 N–H and O–H groups in total. The van der Waals surface area contributed by atoms with Gasteiger partial charge in [-0.1, -0.05) is 26.0 Å². The fourth-order valence-electron chi connectivity index (χ4n) is 1.19. The SMILES string of the molecule is CC(C)CCOc1ccc([B-](F)(F)F)cc1.[K+]. The van der Waals surface area contributed by atoms with E-state index in [1.807, 2.05) is 0 Å². The van der Waals surface area contributed by atoms with E-state index in [0.29, 0.717) is 18.3 Å². The third-order valence-electron chi connectivity index (χ3n) is 2.22. The van der Waals surface area contributed by atoms with Crippen molar-refractivity contribution in [3.63, 3.8) is 0 Å². The van der Waals surface area contributed by atoms with Crippen molar-refractivity contribution in [1.29, 1.82) is 0 Å². The van der Waals surface area contributed by atoms with Crippen LogP contribution in [0.1, 0.15) is 20.3 Å². The second kappa shape index (κ2) is 7.84. The molecule has 90 valence electrons. The molecule has 0 amide bonds. The third kappa shape index (κ3) is 6.86. The van der Waals surface area contributed by atoms with E-state index < -0.39 is 12.4 Å². The Labute approximate surface area is 143 Å². The van der Waals surface area contributed by atoms with E-state index >= 15 is 0 Å². The van der Waals surface area contributed by atoms with Crippen molar-refractivity contribution in [3.05, 3.63) is 24.3 Å². The van der Waals surface area contributed by atoms with E-state index in [2.05, 4.69) is 13.8 Å². The van der Waals surface area contributed by atoms with Crippen LogP contribution < -0.4 is 61.6 Å². The summed E-state index contributed by atoms with van der Waals surface area (Å²) in [6.45, 7) is -0.230. The first-order valence-electron chi connectivity index (χ1n) is 5.32. The zero-order valence-electron chi connectivity index (χ0n) is 10.4. The molecule has 0 aliphatic heterocycles. The minimum Gasteiger partial charge on any atom is -0.494 e. The van der Waals surface area contributed by atoms with Gasteiger partial charge in [0.15, 0.2) is 0 Å². The Morgan fingerprint density at radius 2 is 1.65 bits per heavy atom. The molecule has 1 rings (SSSR count). The van der Waals surface area contributed by atoms with E-state index in [4.69, 9.17) is 4.74 Å². The second-order valence-electron chi connectivity index (χ2n) is 4.17. The Bertz CT molecular complexity index is 324. The van der Waals surface area contributed by atoms with Crippen molar-refractivity contribution >= 4 is 12.4 Å². The van der Waals surface area contributed by atoms with Gasteiger partial charge in [-0.3, -0.25) is 0 Å². The topological polar surface area (TPSA) is 9.23 Å². The predicted octanol–water partition coefficient (Wildman–Crippen LogP) is 0.170. The zero-order chi connectivity index (χ0) is 12.2. The molecule has 0 aliphatic carbocycles. The molecular weight excluding hydrogens is 255 g/mol. The molecule has 17 heavy (non-hydrogen) atoms. The van der Waals surface area contributed by atoms with Gasteiger partial charge in [0.05, 0.1) is 6.61 Å². The Kier molecular flexibility index (Phi) is 8.08. The second-order valence-corrected chi connectivity index (χ2v) is 4.17. The van der Waals surface area contributed by atoms with Gasteiger partial charge in [0.25, 0.3) is 0 Å². The Balaban J connectivity index is 0.00000256. The standard InChI is InChI=1S/C11H15BF3O.K/c1-9(2)7-8-16-11-5-3-10(4-6-11)12(13,14)15;/h3-6,9H,7-8H2,1-2H3;/q-1;+1. The van der Waals surface area contributed by atoms with Gasteiger partial charge in [0.2, 0.25) is 0 Å². The average Bonchev–Trinajstić information content (AvgIpc) is 2.16. The molecule has 0 heterocycles. The molecule has 0 fully saturated rings. The summed E-state index contributed by atoms with van der Waals surface area (Å²) in [4.78, 5) is 0. The molecule has 0 saturated heterocycles. The minimum atomic E-state index is -4.90. The summed E-state index contributed by atoms with van der Waals surface area (Å²) >= 11 is 0. The molecule has 6 heteroatoms. The fraction of sp³-hybridized carbons (Fsp3) is 0.455. The van der Waals surface area contributed by atoms with Crippen LogP contribution in [0.15, 0.2) is 24.3 Å². The summed E-state index contributed by atoms with van der Waals surface area (Å²) in [6.07, 6.45) is 0.894. The van der Waals surface area contributed by atoms with Gasteiger partial charge in [-0.25, -0.2) is 0 Å². The van der Waals surface area contributed by atoms with Crippen LogP contribution in [-0.2, 0) is 0 Å². The van der Waals surface area contributed by atoms with Gasteiger partial charge in [-0.05, 0) is 24.5 Å². The molecule has 0 atom stereocenters. The van der Waals surface area contributed by atoms with Crippen LogP contribution in [-0.4, -0.2) is 13.6 Å². The first kappa shape index (κ1) is 17.5. The maximum Gasteiger partial charge on any atom is 1.00 e. The molecule has 0 spiro atoms. The van der Waals surface area contributed by atoms with Gasteiger partial charge >= 0.3 is 58.4 Å². The molecule has 0 aliphatic rings. The number of ether oxygens (including phenoxy) is 1. The Morgan fingerprint density at radius 3 is 2.06 bits per heavy atom. The number of hydrogen-bond donors (Lipinski definition) is 0. The predicted molar refractivity (Wildman–Crippen MR) is 60.1 cm³/mol. The normalized spacial score (nSPS) is 11.2. The fourth-order valence-corrected chi connectivity index (χ4v) is 1.19. The first-order valence-corrected chi connectivity index (χ1v) is 5.32. The van der Waals surface area contributed by atoms with Crippen molar-refractivity contribution in [2.24, 2.45) is 5.92 Å². The van der Waals surface area contributed by atoms with Crippen molar-refractivity contribution < 1.29 is 69.1 Å². The number of benzene rings is 1. The Morgan fingerprint density at radius 1 is 1.12 bits per heavy atom. The summed E-state index contributed by atoms with van der Waals surface area (Å²) in [5.41, 5.74) is -0.587. The molecule has 0 aromatic heterocycles. The van der Waals surface area contributed by atoms with Gasteiger partial charge in [-0.15, -0.1) is 5.46 Å². The van der Waals surface area contributed by atoms with E-state index in [1.54, 1.807) is 0 Å². The summed E-state index contributed by atoms with van der Waals surface area (Å²) < 4.78 is 42.2. The maximum absolute atomic E-state index is 12.3. The van der Waals surface area contributed by atoms with E-state index in [1.165, 1.54) is 12.1 Å². The molecule has 1 aromatic carbocycles. The van der Waals surface area contributed by atoms with Gasteiger partial charge in [0, 0.05) is 0 Å². The van der Waals surface area contributed by atoms with Crippen molar-refractivity contribution in [2.75, 3.05) is 6.61 Å². The molecule has 1 nitrogen and oxygen atoms in total. The summed E-state index contributed by atoms with van der Waals surface area (Å²) in [7, 11) is 0. The van der Waals surface area contributed by atoms with E-state index in [9.17, 15) is 12.9 Å². The zero-order valence-corrected chi connectivity index (χ0v) is 13.5. The molecular formula is C11H15BF3KO. The van der Waals surface area contributed by atoms with Gasteiger partial charge < -0.3 is 17.7 Å². The molecule has 1 aromatic rings. The van der Waals surface area contributed by atoms with E-state index in [-0.39, 0.29) is 51.4 Å². The van der Waals surface area contributed by atoms with Crippen LogP contribution >= 0.6 is 0 Å². The largest absolute Gasteiger partial charge is 1.00 e. The number of halogens is 3.